The van der Waals surface area contributed by atoms with Crippen molar-refractivity contribution in [3.8, 4) is 0 Å². The van der Waals surface area contributed by atoms with E-state index in [2.05, 4.69) is 26.0 Å². The first-order chi connectivity index (χ1) is 21.4. The zero-order chi connectivity index (χ0) is 32.5. The molecule has 0 aromatic rings. The lowest BCUT2D eigenvalue weighted by Gasteiger charge is -2.10. The third kappa shape index (κ3) is 29.4. The van der Waals surface area contributed by atoms with E-state index < -0.39 is 18.0 Å². The van der Waals surface area contributed by atoms with Crippen LogP contribution in [0.2, 0.25) is 0 Å². The fraction of sp³-hybridized carbons (Fsp3) is 0.771. The summed E-state index contributed by atoms with van der Waals surface area (Å²) in [5, 5.41) is 9.95. The van der Waals surface area contributed by atoms with Crippen LogP contribution < -0.4 is 0 Å². The van der Waals surface area contributed by atoms with Crippen LogP contribution >= 0.6 is 0 Å². The summed E-state index contributed by atoms with van der Waals surface area (Å²) in [5.41, 5.74) is 0. The number of carbonyl (C=O) groups excluding carboxylic acids is 4. The minimum absolute atomic E-state index is 0.0737. The predicted molar refractivity (Wildman–Crippen MR) is 172 cm³/mol. The van der Waals surface area contributed by atoms with Crippen molar-refractivity contribution in [2.45, 2.75) is 148 Å². The highest BCUT2D eigenvalue weighted by Crippen LogP contribution is 2.08. The second kappa shape index (κ2) is 31.7. The summed E-state index contributed by atoms with van der Waals surface area (Å²) in [6.07, 6.45) is 22.6. The molecule has 0 bridgehead atoms. The number of hydrogen-bond donors (Lipinski definition) is 1. The molecule has 0 heterocycles. The topological polar surface area (TPSA) is 125 Å². The summed E-state index contributed by atoms with van der Waals surface area (Å²) >= 11 is 0. The van der Waals surface area contributed by atoms with Crippen LogP contribution in [0.15, 0.2) is 24.3 Å². The number of aliphatic hydroxyl groups is 1. The molecule has 9 nitrogen and oxygen atoms in total. The number of hydrogen-bond acceptors (Lipinski definition) is 9. The van der Waals surface area contributed by atoms with E-state index in [-0.39, 0.29) is 38.0 Å². The summed E-state index contributed by atoms with van der Waals surface area (Å²) in [4.78, 5) is 47.3. The summed E-state index contributed by atoms with van der Waals surface area (Å²) in [6, 6.07) is 0. The van der Waals surface area contributed by atoms with Gasteiger partial charge in [0.25, 0.3) is 0 Å². The molecule has 0 aromatic heterocycles. The number of ether oxygens (including phenoxy) is 4. The van der Waals surface area contributed by atoms with Crippen LogP contribution in [0.1, 0.15) is 142 Å². The maximum atomic E-state index is 11.9. The number of unbranched alkanes of at least 4 members (excludes halogenated alkanes) is 12. The fourth-order valence-electron chi connectivity index (χ4n) is 4.17. The number of carbonyl (C=O) groups is 4. The van der Waals surface area contributed by atoms with Gasteiger partial charge < -0.3 is 24.1 Å². The second-order valence-electron chi connectivity index (χ2n) is 11.1. The van der Waals surface area contributed by atoms with E-state index in [4.69, 9.17) is 18.9 Å². The Morgan fingerprint density at radius 3 is 1.48 bits per heavy atom. The van der Waals surface area contributed by atoms with Gasteiger partial charge in [-0.25, -0.2) is 4.79 Å². The monoisotopic (exact) mass is 624 g/mol. The average molecular weight is 625 g/mol. The molecule has 9 heteroatoms. The van der Waals surface area contributed by atoms with Gasteiger partial charge in [0.2, 0.25) is 0 Å². The molecule has 0 aromatic carbocycles. The Bertz CT molecular complexity index is 791. The van der Waals surface area contributed by atoms with E-state index in [0.717, 1.165) is 32.1 Å². The van der Waals surface area contributed by atoms with Crippen LogP contribution in [0, 0.1) is 0 Å². The first kappa shape index (κ1) is 41.3. The maximum Gasteiger partial charge on any atom is 0.334 e. The van der Waals surface area contributed by atoms with Crippen LogP contribution in [0.5, 0.6) is 0 Å². The Balaban J connectivity index is 3.63. The van der Waals surface area contributed by atoms with Crippen molar-refractivity contribution >= 4 is 23.9 Å². The molecule has 0 amide bonds. The Kier molecular flexibility index (Phi) is 29.8. The van der Waals surface area contributed by atoms with E-state index in [1.54, 1.807) is 0 Å². The van der Waals surface area contributed by atoms with Gasteiger partial charge in [-0.3, -0.25) is 14.4 Å². The minimum Gasteiger partial charge on any atom is -0.466 e. The summed E-state index contributed by atoms with van der Waals surface area (Å²) in [5.74, 6) is -1.74. The van der Waals surface area contributed by atoms with E-state index in [0.29, 0.717) is 58.2 Å². The molecule has 0 fully saturated rings. The standard InChI is InChI=1S/C35H60O9/c1-3-5-7-9-11-13-19-27-41-32(37)23-17-15-21-29-43-34(39)26-25-31(36)35(40)44-30-22-16-18-24-33(38)42-28-20-14-12-10-8-6-4-2/h13-14,19-20,31,36H,3-12,15-18,21-30H2,1-2H3/b19-13-,20-14-. The predicted octanol–water partition coefficient (Wildman–Crippen LogP) is 7.47. The van der Waals surface area contributed by atoms with E-state index in [1.165, 1.54) is 38.5 Å². The SMILES string of the molecule is CCCCCC/C=C\COC(=O)CCCCCOC(=O)CCC(O)C(=O)OCCCCCC(=O)OC/C=C\CCCCCC. The molecule has 0 rings (SSSR count). The van der Waals surface area contributed by atoms with Crippen LogP contribution in [0.25, 0.3) is 0 Å². The first-order valence-corrected chi connectivity index (χ1v) is 17.0. The molecule has 1 N–H and O–H groups in total. The van der Waals surface area contributed by atoms with Gasteiger partial charge in [0.05, 0.1) is 13.2 Å². The Labute approximate surface area is 266 Å². The van der Waals surface area contributed by atoms with Crippen molar-refractivity contribution in [3.63, 3.8) is 0 Å². The lowest BCUT2D eigenvalue weighted by Crippen LogP contribution is -2.24. The van der Waals surface area contributed by atoms with Gasteiger partial charge in [-0.15, -0.1) is 0 Å². The number of allylic oxidation sites excluding steroid dienone is 2. The van der Waals surface area contributed by atoms with Gasteiger partial charge in [-0.05, 0) is 70.6 Å². The van der Waals surface area contributed by atoms with Gasteiger partial charge in [0.15, 0.2) is 6.10 Å². The van der Waals surface area contributed by atoms with Crippen LogP contribution in [-0.2, 0) is 38.1 Å². The average Bonchev–Trinajstić information content (AvgIpc) is 3.01. The van der Waals surface area contributed by atoms with Gasteiger partial charge >= 0.3 is 23.9 Å². The lowest BCUT2D eigenvalue weighted by molar-refractivity contribution is -0.155. The molecule has 0 saturated carbocycles. The van der Waals surface area contributed by atoms with E-state index in [9.17, 15) is 24.3 Å². The van der Waals surface area contributed by atoms with E-state index in [1.807, 2.05) is 12.2 Å². The molecule has 0 saturated heterocycles. The Morgan fingerprint density at radius 1 is 0.523 bits per heavy atom. The second-order valence-corrected chi connectivity index (χ2v) is 11.1. The van der Waals surface area contributed by atoms with E-state index >= 15 is 0 Å². The zero-order valence-corrected chi connectivity index (χ0v) is 27.6. The van der Waals surface area contributed by atoms with Crippen LogP contribution in [0.4, 0.5) is 0 Å². The highest BCUT2D eigenvalue weighted by atomic mass is 16.6. The highest BCUT2D eigenvalue weighted by molar-refractivity contribution is 5.76. The number of rotatable bonds is 30. The smallest absolute Gasteiger partial charge is 0.334 e. The molecule has 0 aliphatic heterocycles. The third-order valence-electron chi connectivity index (χ3n) is 6.91. The maximum absolute atomic E-state index is 11.9. The molecule has 44 heavy (non-hydrogen) atoms. The molecule has 0 radical (unpaired) electrons. The molecule has 1 atom stereocenters. The van der Waals surface area contributed by atoms with Gasteiger partial charge in [-0.2, -0.15) is 0 Å². The van der Waals surface area contributed by atoms with Crippen molar-refractivity contribution < 1.29 is 43.2 Å². The summed E-state index contributed by atoms with van der Waals surface area (Å²) < 4.78 is 20.5. The normalized spacial score (nSPS) is 12.0. The van der Waals surface area contributed by atoms with Gasteiger partial charge in [-0.1, -0.05) is 76.7 Å². The lowest BCUT2D eigenvalue weighted by atomic mass is 10.1. The number of esters is 4. The fourth-order valence-corrected chi connectivity index (χ4v) is 4.17. The third-order valence-corrected chi connectivity index (χ3v) is 6.91. The Hall–Kier alpha value is -2.68. The molecule has 0 aliphatic rings. The quantitative estimate of drug-likeness (QED) is 0.0375. The highest BCUT2D eigenvalue weighted by Gasteiger charge is 2.18. The first-order valence-electron chi connectivity index (χ1n) is 17.0. The van der Waals surface area contributed by atoms with Gasteiger partial charge in [0.1, 0.15) is 13.2 Å². The molecular weight excluding hydrogens is 564 g/mol. The van der Waals surface area contributed by atoms with Crippen molar-refractivity contribution in [1.82, 2.24) is 0 Å². The largest absolute Gasteiger partial charge is 0.466 e. The molecule has 1 unspecified atom stereocenters. The van der Waals surface area contributed by atoms with Crippen molar-refractivity contribution in [1.29, 1.82) is 0 Å². The minimum atomic E-state index is -1.39. The molecule has 0 spiro atoms. The van der Waals surface area contributed by atoms with Crippen molar-refractivity contribution in [2.24, 2.45) is 0 Å². The molecular formula is C35H60O9. The van der Waals surface area contributed by atoms with Crippen LogP contribution in [-0.4, -0.2) is 61.5 Å². The molecule has 254 valence electrons. The molecule has 0 aliphatic carbocycles. The zero-order valence-electron chi connectivity index (χ0n) is 27.6. The Morgan fingerprint density at radius 2 is 0.977 bits per heavy atom. The van der Waals surface area contributed by atoms with Crippen molar-refractivity contribution in [3.05, 3.63) is 24.3 Å². The van der Waals surface area contributed by atoms with Gasteiger partial charge in [0, 0.05) is 19.3 Å². The summed E-state index contributed by atoms with van der Waals surface area (Å²) in [6.45, 7) is 5.33. The van der Waals surface area contributed by atoms with Crippen molar-refractivity contribution in [2.75, 3.05) is 26.4 Å². The number of aliphatic hydroxyl groups excluding tert-OH is 1. The van der Waals surface area contributed by atoms with Crippen LogP contribution in [0.3, 0.4) is 0 Å². The summed E-state index contributed by atoms with van der Waals surface area (Å²) in [7, 11) is 0.